The van der Waals surface area contributed by atoms with Gasteiger partial charge in [-0.2, -0.15) is 4.79 Å². The Hall–Kier alpha value is -1.35. The van der Waals surface area contributed by atoms with Crippen LogP contribution in [0.5, 0.6) is 0 Å². The molecule has 2 aliphatic rings. The molecule has 2 heterocycles. The molecule has 2 aliphatic heterocycles. The van der Waals surface area contributed by atoms with E-state index in [9.17, 15) is 4.79 Å². The van der Waals surface area contributed by atoms with Crippen LogP contribution < -0.4 is 0 Å². The lowest BCUT2D eigenvalue weighted by molar-refractivity contribution is -0.930. The highest BCUT2D eigenvalue weighted by molar-refractivity contribution is 5.60. The van der Waals surface area contributed by atoms with E-state index in [1.54, 1.807) is 0 Å². The van der Waals surface area contributed by atoms with Crippen molar-refractivity contribution >= 4 is 6.09 Å². The molecular weight excluding hydrogens is 262 g/mol. The van der Waals surface area contributed by atoms with E-state index < -0.39 is 0 Å². The summed E-state index contributed by atoms with van der Waals surface area (Å²) in [6, 6.07) is 11.4. The largest absolute Gasteiger partial charge is 0.516 e. The van der Waals surface area contributed by atoms with Crippen LogP contribution in [0.15, 0.2) is 30.3 Å². The van der Waals surface area contributed by atoms with Crippen LogP contribution in [0.25, 0.3) is 0 Å². The summed E-state index contributed by atoms with van der Waals surface area (Å²) in [5.41, 5.74) is 1.25. The van der Waals surface area contributed by atoms with Crippen LogP contribution in [0.1, 0.15) is 51.0 Å². The molecule has 0 radical (unpaired) electrons. The van der Waals surface area contributed by atoms with Crippen molar-refractivity contribution in [3.63, 3.8) is 0 Å². The molecule has 114 valence electrons. The Morgan fingerprint density at radius 3 is 2.19 bits per heavy atom. The smallest absolute Gasteiger partial charge is 0.420 e. The lowest BCUT2D eigenvalue weighted by Gasteiger charge is -2.52. The molecule has 21 heavy (non-hydrogen) atoms. The number of carbonyl (C=O) groups is 1. The Balaban J connectivity index is 1.96. The monoisotopic (exact) mass is 288 g/mol. The molecule has 1 aromatic carbocycles. The van der Waals surface area contributed by atoms with E-state index in [-0.39, 0.29) is 6.09 Å². The van der Waals surface area contributed by atoms with Gasteiger partial charge in [0.2, 0.25) is 0 Å². The highest BCUT2D eigenvalue weighted by Gasteiger charge is 2.55. The average molecular weight is 288 g/mol. The van der Waals surface area contributed by atoms with Crippen molar-refractivity contribution in [3.8, 4) is 0 Å². The Kier molecular flexibility index (Phi) is 4.29. The van der Waals surface area contributed by atoms with E-state index in [1.807, 2.05) is 13.0 Å². The summed E-state index contributed by atoms with van der Waals surface area (Å²) >= 11 is 0. The van der Waals surface area contributed by atoms with E-state index in [2.05, 4.69) is 24.3 Å². The molecule has 2 fully saturated rings. The van der Waals surface area contributed by atoms with Gasteiger partial charge >= 0.3 is 6.09 Å². The molecule has 0 aromatic heterocycles. The molecule has 3 heteroatoms. The minimum atomic E-state index is 0.00996. The second-order valence-electron chi connectivity index (χ2n) is 6.44. The number of benzene rings is 1. The first-order chi connectivity index (χ1) is 10.3. The van der Waals surface area contributed by atoms with E-state index in [0.717, 1.165) is 6.54 Å². The molecule has 2 saturated heterocycles. The van der Waals surface area contributed by atoms with Gasteiger partial charge in [0, 0.05) is 31.2 Å². The summed E-state index contributed by atoms with van der Waals surface area (Å²) in [6.07, 6.45) is 7.22. The SMILES string of the molecule is CCOC(=O)[N+]1(Cc2ccccc2)C2CCCC1CCC2. The average Bonchev–Trinajstić information content (AvgIpc) is 2.48. The lowest BCUT2D eigenvalue weighted by Crippen LogP contribution is -2.67. The number of ether oxygens (including phenoxy) is 1. The van der Waals surface area contributed by atoms with Gasteiger partial charge < -0.3 is 4.74 Å². The summed E-state index contributed by atoms with van der Waals surface area (Å²) in [5.74, 6) is 0. The topological polar surface area (TPSA) is 26.3 Å². The van der Waals surface area contributed by atoms with Crippen molar-refractivity contribution < 1.29 is 14.0 Å². The molecule has 1 aromatic rings. The Morgan fingerprint density at radius 2 is 1.67 bits per heavy atom. The standard InChI is InChI=1S/C18H26NO2/c1-2-21-18(20)19(14-15-8-4-3-5-9-15)16-10-6-11-17(19)13-7-12-16/h3-5,8-9,16-17H,2,6-7,10-14H2,1H3/q+1. The molecule has 0 saturated carbocycles. The lowest BCUT2D eigenvalue weighted by atomic mass is 9.81. The van der Waals surface area contributed by atoms with E-state index >= 15 is 0 Å². The van der Waals surface area contributed by atoms with E-state index in [1.165, 1.54) is 44.1 Å². The molecule has 0 spiro atoms. The summed E-state index contributed by atoms with van der Waals surface area (Å²) in [5, 5.41) is 0. The normalized spacial score (nSPS) is 31.7. The van der Waals surface area contributed by atoms with Gasteiger partial charge in [-0.3, -0.25) is 0 Å². The fourth-order valence-corrected chi connectivity index (χ4v) is 4.44. The molecule has 0 unspecified atom stereocenters. The van der Waals surface area contributed by atoms with Gasteiger partial charge in [0.05, 0.1) is 18.7 Å². The maximum atomic E-state index is 12.9. The third-order valence-corrected chi connectivity index (χ3v) is 5.35. The van der Waals surface area contributed by atoms with Gasteiger partial charge in [-0.05, 0) is 19.8 Å². The van der Waals surface area contributed by atoms with Gasteiger partial charge in [-0.1, -0.05) is 30.3 Å². The van der Waals surface area contributed by atoms with Crippen molar-refractivity contribution in [2.75, 3.05) is 6.61 Å². The zero-order valence-corrected chi connectivity index (χ0v) is 13.0. The molecule has 0 atom stereocenters. The summed E-state index contributed by atoms with van der Waals surface area (Å²) < 4.78 is 6.08. The van der Waals surface area contributed by atoms with Gasteiger partial charge in [0.15, 0.2) is 0 Å². The maximum Gasteiger partial charge on any atom is 0.516 e. The molecule has 0 N–H and O–H groups in total. The van der Waals surface area contributed by atoms with Crippen LogP contribution in [0.3, 0.4) is 0 Å². The molecular formula is C18H26NO2+. The number of carbonyl (C=O) groups excluding carboxylic acids is 1. The minimum Gasteiger partial charge on any atom is -0.420 e. The number of rotatable bonds is 3. The number of fused-ring (bicyclic) bond motifs is 2. The fourth-order valence-electron chi connectivity index (χ4n) is 4.44. The number of amides is 1. The van der Waals surface area contributed by atoms with Gasteiger partial charge in [-0.25, -0.2) is 4.48 Å². The Bertz CT molecular complexity index is 463. The first-order valence-electron chi connectivity index (χ1n) is 8.36. The fraction of sp³-hybridized carbons (Fsp3) is 0.611. The first kappa shape index (κ1) is 14.6. The summed E-state index contributed by atoms with van der Waals surface area (Å²) in [4.78, 5) is 12.9. The van der Waals surface area contributed by atoms with Gasteiger partial charge in [-0.15, -0.1) is 0 Å². The first-order valence-corrected chi connectivity index (χ1v) is 8.36. The minimum absolute atomic E-state index is 0.00996. The van der Waals surface area contributed by atoms with Crippen LogP contribution in [-0.2, 0) is 11.3 Å². The molecule has 3 nitrogen and oxygen atoms in total. The Morgan fingerprint density at radius 1 is 1.10 bits per heavy atom. The predicted octanol–water partition coefficient (Wildman–Crippen LogP) is 4.26. The quantitative estimate of drug-likeness (QED) is 0.777. The number of hydrogen-bond donors (Lipinski definition) is 0. The second kappa shape index (κ2) is 6.18. The summed E-state index contributed by atoms with van der Waals surface area (Å²) in [7, 11) is 0. The Labute approximate surface area is 127 Å². The van der Waals surface area contributed by atoms with Crippen LogP contribution >= 0.6 is 0 Å². The molecule has 1 amide bonds. The van der Waals surface area contributed by atoms with Crippen LogP contribution in [0, 0.1) is 0 Å². The van der Waals surface area contributed by atoms with Crippen LogP contribution in [0.2, 0.25) is 0 Å². The van der Waals surface area contributed by atoms with Crippen molar-refractivity contribution in [1.82, 2.24) is 0 Å². The van der Waals surface area contributed by atoms with Crippen LogP contribution in [0.4, 0.5) is 4.79 Å². The van der Waals surface area contributed by atoms with Crippen LogP contribution in [-0.4, -0.2) is 29.3 Å². The third kappa shape index (κ3) is 2.59. The van der Waals surface area contributed by atoms with Crippen molar-refractivity contribution in [2.45, 2.75) is 64.1 Å². The predicted molar refractivity (Wildman–Crippen MR) is 82.7 cm³/mol. The number of hydrogen-bond acceptors (Lipinski definition) is 2. The third-order valence-electron chi connectivity index (χ3n) is 5.35. The highest BCUT2D eigenvalue weighted by Crippen LogP contribution is 2.43. The van der Waals surface area contributed by atoms with Crippen molar-refractivity contribution in [2.24, 2.45) is 0 Å². The zero-order chi connectivity index (χ0) is 14.7. The van der Waals surface area contributed by atoms with Gasteiger partial charge in [0.25, 0.3) is 0 Å². The number of piperidine rings is 2. The molecule has 3 rings (SSSR count). The highest BCUT2D eigenvalue weighted by atomic mass is 16.6. The van der Waals surface area contributed by atoms with Crippen molar-refractivity contribution in [1.29, 1.82) is 0 Å². The number of nitrogens with zero attached hydrogens (tertiary/aromatic N) is 1. The maximum absolute atomic E-state index is 12.9. The summed E-state index contributed by atoms with van der Waals surface area (Å²) in [6.45, 7) is 3.19. The second-order valence-corrected chi connectivity index (χ2v) is 6.44. The molecule has 2 bridgehead atoms. The van der Waals surface area contributed by atoms with E-state index in [0.29, 0.717) is 23.2 Å². The molecule has 0 aliphatic carbocycles. The number of quaternary nitrogens is 1. The van der Waals surface area contributed by atoms with E-state index in [4.69, 9.17) is 4.74 Å². The van der Waals surface area contributed by atoms with Gasteiger partial charge in [0.1, 0.15) is 6.54 Å². The zero-order valence-electron chi connectivity index (χ0n) is 13.0. The van der Waals surface area contributed by atoms with Crippen molar-refractivity contribution in [3.05, 3.63) is 35.9 Å².